The van der Waals surface area contributed by atoms with Gasteiger partial charge in [-0.05, 0) is 30.2 Å². The Morgan fingerprint density at radius 3 is 3.14 bits per heavy atom. The number of ether oxygens (including phenoxy) is 1. The summed E-state index contributed by atoms with van der Waals surface area (Å²) < 4.78 is 5.48. The van der Waals surface area contributed by atoms with Crippen LogP contribution in [0.2, 0.25) is 0 Å². The third-order valence-corrected chi connectivity index (χ3v) is 2.79. The molecule has 0 aromatic heterocycles. The van der Waals surface area contributed by atoms with E-state index in [0.29, 0.717) is 5.92 Å². The Bertz CT molecular complexity index is 322. The van der Waals surface area contributed by atoms with E-state index in [2.05, 4.69) is 30.4 Å². The highest BCUT2D eigenvalue weighted by Crippen LogP contribution is 2.28. The molecule has 1 aliphatic rings. The average molecular weight is 191 g/mol. The van der Waals surface area contributed by atoms with Gasteiger partial charge in [-0.3, -0.25) is 0 Å². The van der Waals surface area contributed by atoms with E-state index in [0.717, 1.165) is 25.3 Å². The van der Waals surface area contributed by atoms with Crippen molar-refractivity contribution >= 4 is 0 Å². The predicted molar refractivity (Wildman–Crippen MR) is 58.0 cm³/mol. The summed E-state index contributed by atoms with van der Waals surface area (Å²) in [6.45, 7) is 4.12. The number of benzene rings is 1. The number of nitrogens with one attached hydrogen (secondary N) is 1. The topological polar surface area (TPSA) is 21.3 Å². The monoisotopic (exact) mass is 191 g/mol. The SMILES string of the molecule is CNCC(C)c1ccc2c(c1)CCO2. The van der Waals surface area contributed by atoms with Crippen LogP contribution in [-0.4, -0.2) is 20.2 Å². The molecule has 1 heterocycles. The normalized spacial score (nSPS) is 16.1. The summed E-state index contributed by atoms with van der Waals surface area (Å²) in [4.78, 5) is 0. The van der Waals surface area contributed by atoms with E-state index < -0.39 is 0 Å². The van der Waals surface area contributed by atoms with Crippen LogP contribution in [0.4, 0.5) is 0 Å². The highest BCUT2D eigenvalue weighted by molar-refractivity contribution is 5.40. The van der Waals surface area contributed by atoms with Crippen LogP contribution in [0.5, 0.6) is 5.75 Å². The fourth-order valence-electron chi connectivity index (χ4n) is 1.94. The van der Waals surface area contributed by atoms with Crippen molar-refractivity contribution in [1.82, 2.24) is 5.32 Å². The van der Waals surface area contributed by atoms with Gasteiger partial charge >= 0.3 is 0 Å². The van der Waals surface area contributed by atoms with Gasteiger partial charge in [-0.1, -0.05) is 19.1 Å². The lowest BCUT2D eigenvalue weighted by Crippen LogP contribution is -2.14. The second kappa shape index (κ2) is 4.01. The quantitative estimate of drug-likeness (QED) is 0.788. The van der Waals surface area contributed by atoms with Gasteiger partial charge in [0, 0.05) is 13.0 Å². The van der Waals surface area contributed by atoms with Crippen LogP contribution in [0.1, 0.15) is 24.0 Å². The largest absolute Gasteiger partial charge is 0.493 e. The van der Waals surface area contributed by atoms with Crippen molar-refractivity contribution in [3.8, 4) is 5.75 Å². The fraction of sp³-hybridized carbons (Fsp3) is 0.500. The molecule has 1 N–H and O–H groups in total. The van der Waals surface area contributed by atoms with E-state index in [1.807, 2.05) is 7.05 Å². The molecule has 2 rings (SSSR count). The number of likely N-dealkylation sites (N-methyl/N-ethyl adjacent to an activating group) is 1. The van der Waals surface area contributed by atoms with Gasteiger partial charge in [-0.2, -0.15) is 0 Å². The first-order valence-electron chi connectivity index (χ1n) is 5.21. The Balaban J connectivity index is 2.19. The molecule has 1 aromatic carbocycles. The molecule has 0 fully saturated rings. The fourth-order valence-corrected chi connectivity index (χ4v) is 1.94. The number of hydrogen-bond acceptors (Lipinski definition) is 2. The van der Waals surface area contributed by atoms with E-state index in [-0.39, 0.29) is 0 Å². The maximum absolute atomic E-state index is 5.48. The Kier molecular flexibility index (Phi) is 2.73. The summed E-state index contributed by atoms with van der Waals surface area (Å²) in [7, 11) is 1.99. The smallest absolute Gasteiger partial charge is 0.122 e. The Morgan fingerprint density at radius 2 is 2.36 bits per heavy atom. The summed E-state index contributed by atoms with van der Waals surface area (Å²) in [5.41, 5.74) is 2.77. The van der Waals surface area contributed by atoms with Crippen molar-refractivity contribution in [2.45, 2.75) is 19.3 Å². The van der Waals surface area contributed by atoms with Gasteiger partial charge in [0.15, 0.2) is 0 Å². The predicted octanol–water partition coefficient (Wildman–Crippen LogP) is 1.94. The number of fused-ring (bicyclic) bond motifs is 1. The molecule has 2 heteroatoms. The van der Waals surface area contributed by atoms with Gasteiger partial charge in [-0.15, -0.1) is 0 Å². The van der Waals surface area contributed by atoms with Crippen LogP contribution in [-0.2, 0) is 6.42 Å². The molecule has 0 bridgehead atoms. The van der Waals surface area contributed by atoms with Crippen molar-refractivity contribution in [3.05, 3.63) is 29.3 Å². The molecule has 0 saturated heterocycles. The maximum atomic E-state index is 5.48. The zero-order valence-electron chi connectivity index (χ0n) is 8.84. The summed E-state index contributed by atoms with van der Waals surface area (Å²) in [6, 6.07) is 6.56. The van der Waals surface area contributed by atoms with Gasteiger partial charge < -0.3 is 10.1 Å². The van der Waals surface area contributed by atoms with Crippen molar-refractivity contribution in [2.24, 2.45) is 0 Å². The lowest BCUT2D eigenvalue weighted by Gasteiger charge is -2.12. The van der Waals surface area contributed by atoms with Crippen molar-refractivity contribution < 1.29 is 4.74 Å². The second-order valence-electron chi connectivity index (χ2n) is 3.92. The van der Waals surface area contributed by atoms with Crippen molar-refractivity contribution in [3.63, 3.8) is 0 Å². The molecule has 76 valence electrons. The molecular weight excluding hydrogens is 174 g/mol. The van der Waals surface area contributed by atoms with Gasteiger partial charge in [0.2, 0.25) is 0 Å². The van der Waals surface area contributed by atoms with Crippen molar-refractivity contribution in [2.75, 3.05) is 20.2 Å². The standard InChI is InChI=1S/C12H17NO/c1-9(8-13-2)10-3-4-12-11(7-10)5-6-14-12/h3-4,7,9,13H,5-6,8H2,1-2H3. The lowest BCUT2D eigenvalue weighted by atomic mass is 9.98. The molecule has 1 atom stereocenters. The first-order chi connectivity index (χ1) is 6.81. The van der Waals surface area contributed by atoms with E-state index in [1.54, 1.807) is 0 Å². The van der Waals surface area contributed by atoms with Crippen LogP contribution in [0.25, 0.3) is 0 Å². The van der Waals surface area contributed by atoms with Gasteiger partial charge in [0.1, 0.15) is 5.75 Å². The number of rotatable bonds is 3. The van der Waals surface area contributed by atoms with E-state index in [9.17, 15) is 0 Å². The minimum Gasteiger partial charge on any atom is -0.493 e. The van der Waals surface area contributed by atoms with Crippen LogP contribution in [0.15, 0.2) is 18.2 Å². The summed E-state index contributed by atoms with van der Waals surface area (Å²) in [5, 5.41) is 3.20. The Morgan fingerprint density at radius 1 is 1.50 bits per heavy atom. The minimum absolute atomic E-state index is 0.575. The summed E-state index contributed by atoms with van der Waals surface area (Å²) in [6.07, 6.45) is 1.06. The summed E-state index contributed by atoms with van der Waals surface area (Å²) >= 11 is 0. The molecule has 0 amide bonds. The Hall–Kier alpha value is -1.02. The molecule has 2 nitrogen and oxygen atoms in total. The van der Waals surface area contributed by atoms with Crippen LogP contribution < -0.4 is 10.1 Å². The van der Waals surface area contributed by atoms with Crippen LogP contribution >= 0.6 is 0 Å². The molecular formula is C12H17NO. The van der Waals surface area contributed by atoms with E-state index in [1.165, 1.54) is 11.1 Å². The van der Waals surface area contributed by atoms with Gasteiger partial charge in [-0.25, -0.2) is 0 Å². The van der Waals surface area contributed by atoms with Crippen LogP contribution in [0, 0.1) is 0 Å². The molecule has 1 aliphatic heterocycles. The van der Waals surface area contributed by atoms with Crippen LogP contribution in [0.3, 0.4) is 0 Å². The molecule has 0 aliphatic carbocycles. The first kappa shape index (κ1) is 9.53. The van der Waals surface area contributed by atoms with E-state index >= 15 is 0 Å². The third kappa shape index (κ3) is 1.75. The molecule has 1 unspecified atom stereocenters. The minimum atomic E-state index is 0.575. The molecule has 0 spiro atoms. The van der Waals surface area contributed by atoms with E-state index in [4.69, 9.17) is 4.74 Å². The van der Waals surface area contributed by atoms with Gasteiger partial charge in [0.05, 0.1) is 6.61 Å². The zero-order valence-corrected chi connectivity index (χ0v) is 8.84. The second-order valence-corrected chi connectivity index (χ2v) is 3.92. The highest BCUT2D eigenvalue weighted by Gasteiger charge is 2.13. The zero-order chi connectivity index (χ0) is 9.97. The van der Waals surface area contributed by atoms with Gasteiger partial charge in [0.25, 0.3) is 0 Å². The first-order valence-corrected chi connectivity index (χ1v) is 5.21. The molecule has 0 radical (unpaired) electrons. The highest BCUT2D eigenvalue weighted by atomic mass is 16.5. The van der Waals surface area contributed by atoms with Crippen molar-refractivity contribution in [1.29, 1.82) is 0 Å². The molecule has 14 heavy (non-hydrogen) atoms. The number of hydrogen-bond donors (Lipinski definition) is 1. The molecule has 0 saturated carbocycles. The lowest BCUT2D eigenvalue weighted by molar-refractivity contribution is 0.357. The summed E-state index contributed by atoms with van der Waals surface area (Å²) in [5.74, 6) is 1.65. The average Bonchev–Trinajstić information content (AvgIpc) is 2.64. The molecule has 1 aromatic rings. The third-order valence-electron chi connectivity index (χ3n) is 2.79. The maximum Gasteiger partial charge on any atom is 0.122 e. The Labute approximate surface area is 85.3 Å².